The van der Waals surface area contributed by atoms with Crippen molar-refractivity contribution < 1.29 is 14.3 Å². The summed E-state index contributed by atoms with van der Waals surface area (Å²) in [5.41, 5.74) is 1.44. The number of nitrogens with zero attached hydrogens (tertiary/aromatic N) is 3. The van der Waals surface area contributed by atoms with Gasteiger partial charge in [0.25, 0.3) is 0 Å². The van der Waals surface area contributed by atoms with E-state index in [2.05, 4.69) is 20.8 Å². The van der Waals surface area contributed by atoms with Crippen molar-refractivity contribution in [1.82, 2.24) is 20.3 Å². The Balaban J connectivity index is 1.50. The molecule has 0 saturated heterocycles. The second-order valence-electron chi connectivity index (χ2n) is 5.63. The maximum atomic E-state index is 12.0. The number of aromatic nitrogens is 3. The first kappa shape index (κ1) is 16.7. The Morgan fingerprint density at radius 1 is 1.24 bits per heavy atom. The molecule has 0 saturated carbocycles. The normalized spacial score (nSPS) is 13.2. The summed E-state index contributed by atoms with van der Waals surface area (Å²) in [5.74, 6) is 0.483. The fourth-order valence-electron chi connectivity index (χ4n) is 2.41. The third-order valence-corrected chi connectivity index (χ3v) is 3.60. The largest absolute Gasteiger partial charge is 0.467 e. The van der Waals surface area contributed by atoms with Crippen LogP contribution in [0.5, 0.6) is 0 Å². The number of amides is 2. The molecule has 0 fully saturated rings. The molecule has 25 heavy (non-hydrogen) atoms. The smallest absolute Gasteiger partial charge is 0.319 e. The first-order valence-electron chi connectivity index (χ1n) is 7.87. The minimum atomic E-state index is -0.758. The highest BCUT2D eigenvalue weighted by molar-refractivity contribution is 5.89. The van der Waals surface area contributed by atoms with Crippen molar-refractivity contribution in [3.63, 3.8) is 0 Å². The van der Waals surface area contributed by atoms with Gasteiger partial charge in [-0.1, -0.05) is 0 Å². The van der Waals surface area contributed by atoms with E-state index in [0.29, 0.717) is 17.9 Å². The van der Waals surface area contributed by atoms with E-state index in [0.717, 1.165) is 5.69 Å². The van der Waals surface area contributed by atoms with Crippen LogP contribution in [0.25, 0.3) is 5.69 Å². The maximum absolute atomic E-state index is 12.0. The molecule has 0 bridgehead atoms. The van der Waals surface area contributed by atoms with Crippen molar-refractivity contribution in [2.24, 2.45) is 0 Å². The molecule has 8 nitrogen and oxygen atoms in total. The number of carbonyl (C=O) groups excluding carboxylic acids is 1. The van der Waals surface area contributed by atoms with Crippen LogP contribution in [0.1, 0.15) is 25.2 Å². The molecule has 8 heteroatoms. The first-order valence-corrected chi connectivity index (χ1v) is 7.87. The maximum Gasteiger partial charge on any atom is 0.319 e. The van der Waals surface area contributed by atoms with Crippen molar-refractivity contribution in [2.75, 3.05) is 5.32 Å². The van der Waals surface area contributed by atoms with Crippen LogP contribution in [-0.4, -0.2) is 32.2 Å². The molecular formula is C17H19N5O3. The molecule has 3 rings (SSSR count). The fourth-order valence-corrected chi connectivity index (χ4v) is 2.41. The minimum Gasteiger partial charge on any atom is -0.467 e. The van der Waals surface area contributed by atoms with Crippen molar-refractivity contribution in [3.8, 4) is 5.69 Å². The number of nitrogens with one attached hydrogen (secondary N) is 2. The van der Waals surface area contributed by atoms with Crippen LogP contribution in [0.15, 0.2) is 59.5 Å². The number of hydrogen-bond donors (Lipinski definition) is 3. The molecule has 2 heterocycles. The van der Waals surface area contributed by atoms with Gasteiger partial charge in [-0.3, -0.25) is 0 Å². The van der Waals surface area contributed by atoms with E-state index >= 15 is 0 Å². The first-order chi connectivity index (χ1) is 12.1. The van der Waals surface area contributed by atoms with Gasteiger partial charge in [0.15, 0.2) is 0 Å². The average molecular weight is 341 g/mol. The summed E-state index contributed by atoms with van der Waals surface area (Å²) in [6, 6.07) is 9.98. The molecule has 3 aromatic rings. The monoisotopic (exact) mass is 341 g/mol. The predicted molar refractivity (Wildman–Crippen MR) is 91.3 cm³/mol. The van der Waals surface area contributed by atoms with Gasteiger partial charge in [0.05, 0.1) is 24.3 Å². The lowest BCUT2D eigenvalue weighted by molar-refractivity contribution is 0.130. The van der Waals surface area contributed by atoms with Gasteiger partial charge in [-0.25, -0.2) is 4.79 Å². The Bertz CT molecular complexity index is 784. The van der Waals surface area contributed by atoms with Gasteiger partial charge in [-0.15, -0.1) is 0 Å². The lowest BCUT2D eigenvalue weighted by Crippen LogP contribution is -2.37. The van der Waals surface area contributed by atoms with Crippen molar-refractivity contribution in [1.29, 1.82) is 0 Å². The average Bonchev–Trinajstić information content (AvgIpc) is 3.29. The molecule has 0 aliphatic heterocycles. The lowest BCUT2D eigenvalue weighted by atomic mass is 10.1. The molecule has 1 aromatic carbocycles. The van der Waals surface area contributed by atoms with Crippen molar-refractivity contribution in [3.05, 3.63) is 60.8 Å². The van der Waals surface area contributed by atoms with E-state index in [1.54, 1.807) is 48.8 Å². The minimum absolute atomic E-state index is 0.229. The fraction of sp³-hybridized carbons (Fsp3) is 0.235. The van der Waals surface area contributed by atoms with E-state index in [1.807, 2.05) is 6.92 Å². The lowest BCUT2D eigenvalue weighted by Gasteiger charge is -2.17. The summed E-state index contributed by atoms with van der Waals surface area (Å²) in [4.78, 5) is 13.5. The molecule has 0 aliphatic carbocycles. The number of furan rings is 1. The third kappa shape index (κ3) is 4.45. The van der Waals surface area contributed by atoms with E-state index in [9.17, 15) is 9.90 Å². The van der Waals surface area contributed by atoms with Crippen molar-refractivity contribution in [2.45, 2.75) is 25.5 Å². The number of aliphatic hydroxyl groups is 1. The summed E-state index contributed by atoms with van der Waals surface area (Å²) in [6.45, 7) is 1.82. The van der Waals surface area contributed by atoms with Crippen LogP contribution in [0, 0.1) is 0 Å². The van der Waals surface area contributed by atoms with E-state index in [-0.39, 0.29) is 12.1 Å². The van der Waals surface area contributed by atoms with Gasteiger partial charge >= 0.3 is 6.03 Å². The number of urea groups is 1. The van der Waals surface area contributed by atoms with Gasteiger partial charge in [-0.2, -0.15) is 15.0 Å². The Hall–Kier alpha value is -3.13. The van der Waals surface area contributed by atoms with Crippen LogP contribution in [0.4, 0.5) is 10.5 Å². The molecule has 2 unspecified atom stereocenters. The molecule has 2 atom stereocenters. The molecule has 0 radical (unpaired) electrons. The van der Waals surface area contributed by atoms with Crippen molar-refractivity contribution >= 4 is 11.7 Å². The zero-order valence-electron chi connectivity index (χ0n) is 13.7. The van der Waals surface area contributed by atoms with Crippen LogP contribution < -0.4 is 10.6 Å². The van der Waals surface area contributed by atoms with Gasteiger partial charge in [-0.05, 0) is 43.3 Å². The van der Waals surface area contributed by atoms with E-state index in [1.165, 1.54) is 11.1 Å². The summed E-state index contributed by atoms with van der Waals surface area (Å²) >= 11 is 0. The van der Waals surface area contributed by atoms with Crippen LogP contribution in [-0.2, 0) is 0 Å². The Morgan fingerprint density at radius 3 is 2.60 bits per heavy atom. The topological polar surface area (TPSA) is 105 Å². The van der Waals surface area contributed by atoms with Crippen LogP contribution >= 0.6 is 0 Å². The number of carbonyl (C=O) groups is 1. The molecule has 3 N–H and O–H groups in total. The highest BCUT2D eigenvalue weighted by Crippen LogP contribution is 2.18. The van der Waals surface area contributed by atoms with Crippen LogP contribution in [0.3, 0.4) is 0 Å². The van der Waals surface area contributed by atoms with Gasteiger partial charge < -0.3 is 20.2 Å². The number of rotatable bonds is 6. The number of hydrogen-bond acceptors (Lipinski definition) is 5. The zero-order chi connectivity index (χ0) is 17.6. The Kier molecular flexibility index (Phi) is 5.10. The molecular weight excluding hydrogens is 322 g/mol. The number of anilines is 1. The van der Waals surface area contributed by atoms with E-state index < -0.39 is 6.10 Å². The second kappa shape index (κ2) is 7.63. The standard InChI is InChI=1S/C17H19N5O3/c1-12(11-15(23)16-3-2-10-25-16)20-17(24)21-13-4-6-14(7-5-13)22-18-8-9-19-22/h2-10,12,15,23H,11H2,1H3,(H2,20,21,24). The van der Waals surface area contributed by atoms with E-state index in [4.69, 9.17) is 4.42 Å². The Labute approximate surface area is 144 Å². The summed E-state index contributed by atoms with van der Waals surface area (Å²) < 4.78 is 5.15. The molecule has 2 aromatic heterocycles. The predicted octanol–water partition coefficient (Wildman–Crippen LogP) is 2.49. The van der Waals surface area contributed by atoms with Gasteiger partial charge in [0.2, 0.25) is 0 Å². The molecule has 2 amide bonds. The van der Waals surface area contributed by atoms with Gasteiger partial charge in [0.1, 0.15) is 11.9 Å². The number of benzene rings is 1. The summed E-state index contributed by atoms with van der Waals surface area (Å²) in [7, 11) is 0. The second-order valence-corrected chi connectivity index (χ2v) is 5.63. The van der Waals surface area contributed by atoms with Gasteiger partial charge in [0, 0.05) is 18.2 Å². The zero-order valence-corrected chi connectivity index (χ0v) is 13.7. The number of aliphatic hydroxyl groups excluding tert-OH is 1. The highest BCUT2D eigenvalue weighted by Gasteiger charge is 2.16. The Morgan fingerprint density at radius 2 is 1.96 bits per heavy atom. The summed E-state index contributed by atoms with van der Waals surface area (Å²) in [6.07, 6.45) is 4.29. The molecule has 0 aliphatic rings. The SMILES string of the molecule is CC(CC(O)c1ccco1)NC(=O)Nc1ccc(-n2nccn2)cc1. The molecule has 0 spiro atoms. The highest BCUT2D eigenvalue weighted by atomic mass is 16.4. The third-order valence-electron chi connectivity index (χ3n) is 3.60. The summed E-state index contributed by atoms with van der Waals surface area (Å²) in [5, 5.41) is 23.6. The van der Waals surface area contributed by atoms with Crippen LogP contribution in [0.2, 0.25) is 0 Å². The molecule has 130 valence electrons. The quantitative estimate of drug-likeness (QED) is 0.639.